The Bertz CT molecular complexity index is 620. The fourth-order valence-electron chi connectivity index (χ4n) is 3.64. The molecule has 4 rings (SSSR count). The summed E-state index contributed by atoms with van der Waals surface area (Å²) in [6.07, 6.45) is 6.84. The molecule has 1 aromatic carbocycles. The number of nitrogens with zero attached hydrogens (tertiary/aromatic N) is 1. The number of nitrogens with one attached hydrogen (secondary N) is 1. The van der Waals surface area contributed by atoms with Crippen LogP contribution in [-0.4, -0.2) is 11.5 Å². The Balaban J connectivity index is 1.45. The highest BCUT2D eigenvalue weighted by Crippen LogP contribution is 2.35. The molecule has 1 aromatic heterocycles. The molecule has 2 aromatic rings. The van der Waals surface area contributed by atoms with Crippen molar-refractivity contribution in [3.63, 3.8) is 0 Å². The van der Waals surface area contributed by atoms with E-state index >= 15 is 0 Å². The van der Waals surface area contributed by atoms with Crippen LogP contribution in [0.5, 0.6) is 0 Å². The van der Waals surface area contributed by atoms with Gasteiger partial charge in [0.25, 0.3) is 0 Å². The Labute approximate surface area is 120 Å². The molecule has 2 nitrogen and oxygen atoms in total. The van der Waals surface area contributed by atoms with Crippen LogP contribution in [0.15, 0.2) is 42.6 Å². The average Bonchev–Trinajstić information content (AvgIpc) is 2.48. The number of pyridine rings is 1. The summed E-state index contributed by atoms with van der Waals surface area (Å²) in [5.41, 5.74) is 5.79. The van der Waals surface area contributed by atoms with Crippen LogP contribution in [0.2, 0.25) is 0 Å². The number of fused-ring (bicyclic) bond motifs is 2. The molecule has 2 unspecified atom stereocenters. The van der Waals surface area contributed by atoms with Gasteiger partial charge in [0.1, 0.15) is 0 Å². The number of aromatic nitrogens is 1. The molecule has 0 fully saturated rings. The first-order valence-corrected chi connectivity index (χ1v) is 7.67. The lowest BCUT2D eigenvalue weighted by molar-refractivity contribution is 0.417. The zero-order valence-corrected chi connectivity index (χ0v) is 11.7. The molecular weight excluding hydrogens is 244 g/mol. The molecule has 0 radical (unpaired) electrons. The van der Waals surface area contributed by atoms with Crippen molar-refractivity contribution in [1.29, 1.82) is 0 Å². The maximum Gasteiger partial charge on any atom is 0.0605 e. The minimum absolute atomic E-state index is 0.452. The fourth-order valence-corrected chi connectivity index (χ4v) is 3.64. The highest BCUT2D eigenvalue weighted by molar-refractivity contribution is 5.40. The van der Waals surface area contributed by atoms with E-state index in [0.717, 1.165) is 6.54 Å². The second kappa shape index (κ2) is 5.02. The Morgan fingerprint density at radius 1 is 1.10 bits per heavy atom. The number of hydrogen-bond acceptors (Lipinski definition) is 2. The number of aryl methyl sites for hydroxylation is 1. The third kappa shape index (κ3) is 2.04. The normalized spacial score (nSPS) is 23.6. The lowest BCUT2D eigenvalue weighted by Gasteiger charge is -2.33. The number of hydrogen-bond donors (Lipinski definition) is 1. The van der Waals surface area contributed by atoms with Crippen LogP contribution in [0, 0.1) is 0 Å². The zero-order valence-electron chi connectivity index (χ0n) is 11.7. The lowest BCUT2D eigenvalue weighted by Crippen LogP contribution is -2.33. The van der Waals surface area contributed by atoms with Gasteiger partial charge in [0.2, 0.25) is 0 Å². The van der Waals surface area contributed by atoms with Gasteiger partial charge in [0.05, 0.1) is 5.69 Å². The summed E-state index contributed by atoms with van der Waals surface area (Å²) in [5.74, 6) is 0.695. The van der Waals surface area contributed by atoms with E-state index in [1.807, 2.05) is 6.20 Å². The fraction of sp³-hybridized carbons (Fsp3) is 0.389. The number of benzene rings is 1. The quantitative estimate of drug-likeness (QED) is 0.919. The average molecular weight is 264 g/mol. The first-order valence-electron chi connectivity index (χ1n) is 7.67. The standard InChI is InChI=1S/C18H20N2/c1-2-8-16-14(5-1)11-15(16)12-20-17-9-3-6-13-7-4-10-19-18(13)17/h1-2,4-5,7-8,10,15,17,20H,3,6,9,11-12H2. The van der Waals surface area contributed by atoms with Gasteiger partial charge in [-0.05, 0) is 48.4 Å². The van der Waals surface area contributed by atoms with Crippen LogP contribution in [0.1, 0.15) is 47.2 Å². The van der Waals surface area contributed by atoms with Crippen molar-refractivity contribution in [3.8, 4) is 0 Å². The van der Waals surface area contributed by atoms with Gasteiger partial charge in [0.15, 0.2) is 0 Å². The molecule has 2 atom stereocenters. The van der Waals surface area contributed by atoms with E-state index in [1.54, 1.807) is 0 Å². The van der Waals surface area contributed by atoms with Crippen molar-refractivity contribution in [2.75, 3.05) is 6.54 Å². The van der Waals surface area contributed by atoms with Crippen molar-refractivity contribution in [2.24, 2.45) is 0 Å². The van der Waals surface area contributed by atoms with Gasteiger partial charge in [-0.25, -0.2) is 0 Å². The highest BCUT2D eigenvalue weighted by Gasteiger charge is 2.27. The third-order valence-electron chi connectivity index (χ3n) is 4.77. The maximum atomic E-state index is 4.60. The summed E-state index contributed by atoms with van der Waals surface area (Å²) in [4.78, 5) is 4.60. The molecule has 0 saturated heterocycles. The summed E-state index contributed by atoms with van der Waals surface area (Å²) < 4.78 is 0. The Kier molecular flexibility index (Phi) is 3.04. The van der Waals surface area contributed by atoms with E-state index < -0.39 is 0 Å². The smallest absolute Gasteiger partial charge is 0.0605 e. The first kappa shape index (κ1) is 12.1. The topological polar surface area (TPSA) is 24.9 Å². The van der Waals surface area contributed by atoms with Crippen LogP contribution >= 0.6 is 0 Å². The van der Waals surface area contributed by atoms with Crippen LogP contribution in [-0.2, 0) is 12.8 Å². The maximum absolute atomic E-state index is 4.60. The largest absolute Gasteiger partial charge is 0.308 e. The molecule has 102 valence electrons. The summed E-state index contributed by atoms with van der Waals surface area (Å²) in [5, 5.41) is 3.76. The zero-order chi connectivity index (χ0) is 13.4. The summed E-state index contributed by atoms with van der Waals surface area (Å²) in [7, 11) is 0. The van der Waals surface area contributed by atoms with Crippen molar-refractivity contribution < 1.29 is 0 Å². The van der Waals surface area contributed by atoms with Gasteiger partial charge in [-0.15, -0.1) is 0 Å². The summed E-state index contributed by atoms with van der Waals surface area (Å²) in [6.45, 7) is 1.08. The van der Waals surface area contributed by atoms with Gasteiger partial charge in [-0.2, -0.15) is 0 Å². The molecule has 0 spiro atoms. The van der Waals surface area contributed by atoms with E-state index in [-0.39, 0.29) is 0 Å². The predicted molar refractivity (Wildman–Crippen MR) is 80.8 cm³/mol. The molecule has 0 amide bonds. The van der Waals surface area contributed by atoms with Gasteiger partial charge in [-0.1, -0.05) is 30.3 Å². The lowest BCUT2D eigenvalue weighted by atomic mass is 9.77. The molecule has 2 aliphatic rings. The van der Waals surface area contributed by atoms with Crippen molar-refractivity contribution in [2.45, 2.75) is 37.6 Å². The van der Waals surface area contributed by atoms with Crippen LogP contribution in [0.3, 0.4) is 0 Å². The molecule has 1 heterocycles. The van der Waals surface area contributed by atoms with Gasteiger partial charge in [0, 0.05) is 24.7 Å². The van der Waals surface area contributed by atoms with E-state index in [9.17, 15) is 0 Å². The first-order chi connectivity index (χ1) is 9.92. The molecule has 1 N–H and O–H groups in total. The third-order valence-corrected chi connectivity index (χ3v) is 4.77. The summed E-state index contributed by atoms with van der Waals surface area (Å²) >= 11 is 0. The van der Waals surface area contributed by atoms with Crippen molar-refractivity contribution >= 4 is 0 Å². The van der Waals surface area contributed by atoms with E-state index in [0.29, 0.717) is 12.0 Å². The second-order valence-electron chi connectivity index (χ2n) is 6.00. The van der Waals surface area contributed by atoms with Crippen molar-refractivity contribution in [3.05, 3.63) is 65.0 Å². The van der Waals surface area contributed by atoms with Crippen LogP contribution in [0.4, 0.5) is 0 Å². The monoisotopic (exact) mass is 264 g/mol. The van der Waals surface area contributed by atoms with E-state index in [4.69, 9.17) is 0 Å². The van der Waals surface area contributed by atoms with E-state index in [2.05, 4.69) is 46.7 Å². The molecule has 0 aliphatic heterocycles. The Morgan fingerprint density at radius 2 is 2.00 bits per heavy atom. The minimum atomic E-state index is 0.452. The predicted octanol–water partition coefficient (Wildman–Crippen LogP) is 3.39. The SMILES string of the molecule is c1ccc2c(c1)CC2CNC1CCCc2cccnc21. The van der Waals surface area contributed by atoms with Crippen molar-refractivity contribution in [1.82, 2.24) is 10.3 Å². The molecule has 0 bridgehead atoms. The summed E-state index contributed by atoms with van der Waals surface area (Å²) in [6, 6.07) is 13.6. The van der Waals surface area contributed by atoms with Crippen LogP contribution < -0.4 is 5.32 Å². The Hall–Kier alpha value is -1.67. The van der Waals surface area contributed by atoms with Gasteiger partial charge >= 0.3 is 0 Å². The molecule has 2 aliphatic carbocycles. The van der Waals surface area contributed by atoms with Gasteiger partial charge < -0.3 is 5.32 Å². The molecule has 2 heteroatoms. The Morgan fingerprint density at radius 3 is 2.95 bits per heavy atom. The van der Waals surface area contributed by atoms with E-state index in [1.165, 1.54) is 48.1 Å². The van der Waals surface area contributed by atoms with Gasteiger partial charge in [-0.3, -0.25) is 4.98 Å². The molecular formula is C18H20N2. The number of rotatable bonds is 3. The second-order valence-corrected chi connectivity index (χ2v) is 6.00. The van der Waals surface area contributed by atoms with Crippen LogP contribution in [0.25, 0.3) is 0 Å². The molecule has 20 heavy (non-hydrogen) atoms. The minimum Gasteiger partial charge on any atom is -0.308 e. The molecule has 0 saturated carbocycles. The highest BCUT2D eigenvalue weighted by atomic mass is 14.9.